The number of hydrogen-bond acceptors (Lipinski definition) is 4. The highest BCUT2D eigenvalue weighted by atomic mass is 16.5. The van der Waals surface area contributed by atoms with E-state index in [2.05, 4.69) is 11.8 Å². The number of methoxy groups -OCH3 is 1. The van der Waals surface area contributed by atoms with E-state index in [0.29, 0.717) is 6.04 Å². The number of benzene rings is 1. The van der Waals surface area contributed by atoms with Crippen molar-refractivity contribution < 1.29 is 9.47 Å². The molecule has 1 aromatic carbocycles. The highest BCUT2D eigenvalue weighted by Crippen LogP contribution is 2.29. The van der Waals surface area contributed by atoms with Crippen molar-refractivity contribution >= 4 is 11.4 Å². The Balaban J connectivity index is 2.25. The molecule has 1 saturated heterocycles. The molecule has 1 aromatic rings. The average Bonchev–Trinajstić information content (AvgIpc) is 2.30. The maximum absolute atomic E-state index is 6.03. The minimum Gasteiger partial charge on any atom is -0.497 e. The summed E-state index contributed by atoms with van der Waals surface area (Å²) in [5.41, 5.74) is 7.85. The van der Waals surface area contributed by atoms with Gasteiger partial charge in [-0.05, 0) is 19.1 Å². The number of hydrogen-bond donors (Lipinski definition) is 1. The Morgan fingerprint density at radius 1 is 1.50 bits per heavy atom. The van der Waals surface area contributed by atoms with Gasteiger partial charge in [-0.15, -0.1) is 0 Å². The molecule has 0 aromatic heterocycles. The van der Waals surface area contributed by atoms with Gasteiger partial charge in [-0.1, -0.05) is 0 Å². The molecule has 1 atom stereocenters. The van der Waals surface area contributed by atoms with Crippen molar-refractivity contribution in [1.82, 2.24) is 0 Å². The molecular formula is C12H18N2O2. The van der Waals surface area contributed by atoms with E-state index in [9.17, 15) is 0 Å². The van der Waals surface area contributed by atoms with E-state index in [1.807, 2.05) is 18.2 Å². The SMILES string of the molecule is COc1ccc(N2CCOCC2C)c(N)c1. The summed E-state index contributed by atoms with van der Waals surface area (Å²) in [7, 11) is 1.64. The predicted octanol–water partition coefficient (Wildman–Crippen LogP) is 1.50. The topological polar surface area (TPSA) is 47.7 Å². The summed E-state index contributed by atoms with van der Waals surface area (Å²) in [6.07, 6.45) is 0. The zero-order valence-electron chi connectivity index (χ0n) is 9.77. The fraction of sp³-hybridized carbons (Fsp3) is 0.500. The molecule has 0 saturated carbocycles. The van der Waals surface area contributed by atoms with E-state index >= 15 is 0 Å². The zero-order valence-corrected chi connectivity index (χ0v) is 9.77. The van der Waals surface area contributed by atoms with Gasteiger partial charge < -0.3 is 20.1 Å². The molecule has 16 heavy (non-hydrogen) atoms. The van der Waals surface area contributed by atoms with Crippen LogP contribution in [0.5, 0.6) is 5.75 Å². The minimum atomic E-state index is 0.365. The lowest BCUT2D eigenvalue weighted by Gasteiger charge is -2.36. The Kier molecular flexibility index (Phi) is 3.19. The minimum absolute atomic E-state index is 0.365. The maximum atomic E-state index is 6.03. The quantitative estimate of drug-likeness (QED) is 0.770. The van der Waals surface area contributed by atoms with Crippen molar-refractivity contribution in [3.05, 3.63) is 18.2 Å². The molecular weight excluding hydrogens is 204 g/mol. The van der Waals surface area contributed by atoms with Gasteiger partial charge in [0.05, 0.1) is 31.7 Å². The van der Waals surface area contributed by atoms with Gasteiger partial charge in [0.25, 0.3) is 0 Å². The summed E-state index contributed by atoms with van der Waals surface area (Å²) < 4.78 is 10.6. The molecule has 1 heterocycles. The molecule has 0 amide bonds. The second-order valence-corrected chi connectivity index (χ2v) is 4.04. The van der Waals surface area contributed by atoms with Crippen LogP contribution in [0.4, 0.5) is 11.4 Å². The zero-order chi connectivity index (χ0) is 11.5. The van der Waals surface area contributed by atoms with Crippen LogP contribution in [0.1, 0.15) is 6.92 Å². The van der Waals surface area contributed by atoms with Crippen molar-refractivity contribution in [3.63, 3.8) is 0 Å². The van der Waals surface area contributed by atoms with Crippen molar-refractivity contribution in [3.8, 4) is 5.75 Å². The fourth-order valence-electron chi connectivity index (χ4n) is 2.01. The fourth-order valence-corrected chi connectivity index (χ4v) is 2.01. The number of nitrogens with two attached hydrogens (primary N) is 1. The van der Waals surface area contributed by atoms with Crippen LogP contribution in [0.3, 0.4) is 0 Å². The van der Waals surface area contributed by atoms with Gasteiger partial charge in [-0.2, -0.15) is 0 Å². The van der Waals surface area contributed by atoms with E-state index < -0.39 is 0 Å². The monoisotopic (exact) mass is 222 g/mol. The molecule has 4 heteroatoms. The molecule has 1 aliphatic rings. The average molecular weight is 222 g/mol. The van der Waals surface area contributed by atoms with Gasteiger partial charge in [0.1, 0.15) is 5.75 Å². The van der Waals surface area contributed by atoms with Crippen molar-refractivity contribution in [2.24, 2.45) is 0 Å². The summed E-state index contributed by atoms with van der Waals surface area (Å²) in [6, 6.07) is 6.17. The Morgan fingerprint density at radius 3 is 2.94 bits per heavy atom. The van der Waals surface area contributed by atoms with Crippen LogP contribution in [0.2, 0.25) is 0 Å². The van der Waals surface area contributed by atoms with Crippen LogP contribution >= 0.6 is 0 Å². The van der Waals surface area contributed by atoms with Gasteiger partial charge in [-0.25, -0.2) is 0 Å². The Morgan fingerprint density at radius 2 is 2.31 bits per heavy atom. The molecule has 0 aliphatic carbocycles. The first-order valence-corrected chi connectivity index (χ1v) is 5.50. The van der Waals surface area contributed by atoms with Gasteiger partial charge >= 0.3 is 0 Å². The molecule has 2 N–H and O–H groups in total. The largest absolute Gasteiger partial charge is 0.497 e. The lowest BCUT2D eigenvalue weighted by atomic mass is 10.2. The molecule has 2 rings (SSSR count). The second-order valence-electron chi connectivity index (χ2n) is 4.04. The second kappa shape index (κ2) is 4.61. The molecule has 88 valence electrons. The third-order valence-corrected chi connectivity index (χ3v) is 2.91. The number of morpholine rings is 1. The van der Waals surface area contributed by atoms with E-state index in [1.54, 1.807) is 7.11 Å². The Hall–Kier alpha value is -1.42. The molecule has 1 fully saturated rings. The van der Waals surface area contributed by atoms with Crippen molar-refractivity contribution in [2.75, 3.05) is 37.5 Å². The van der Waals surface area contributed by atoms with Gasteiger partial charge in [0.2, 0.25) is 0 Å². The first-order chi connectivity index (χ1) is 7.72. The lowest BCUT2D eigenvalue weighted by molar-refractivity contribution is 0.0990. The van der Waals surface area contributed by atoms with Crippen LogP contribution in [-0.2, 0) is 4.74 Å². The predicted molar refractivity (Wildman–Crippen MR) is 65.0 cm³/mol. The molecule has 0 radical (unpaired) electrons. The number of nitrogens with zero attached hydrogens (tertiary/aromatic N) is 1. The maximum Gasteiger partial charge on any atom is 0.121 e. The molecule has 4 nitrogen and oxygen atoms in total. The first kappa shape index (κ1) is 11.1. The van der Waals surface area contributed by atoms with E-state index in [0.717, 1.165) is 36.9 Å². The van der Waals surface area contributed by atoms with Crippen LogP contribution in [0.15, 0.2) is 18.2 Å². The number of ether oxygens (including phenoxy) is 2. The summed E-state index contributed by atoms with van der Waals surface area (Å²) in [5, 5.41) is 0. The highest BCUT2D eigenvalue weighted by molar-refractivity contribution is 5.70. The van der Waals surface area contributed by atoms with Gasteiger partial charge in [-0.3, -0.25) is 0 Å². The van der Waals surface area contributed by atoms with Crippen LogP contribution < -0.4 is 15.4 Å². The van der Waals surface area contributed by atoms with Crippen molar-refractivity contribution in [1.29, 1.82) is 0 Å². The Bertz CT molecular complexity index is 368. The normalized spacial score (nSPS) is 20.9. The molecule has 1 unspecified atom stereocenters. The summed E-state index contributed by atoms with van der Waals surface area (Å²) >= 11 is 0. The van der Waals surface area contributed by atoms with Gasteiger partial charge in [0.15, 0.2) is 0 Å². The molecule has 1 aliphatic heterocycles. The van der Waals surface area contributed by atoms with Crippen LogP contribution in [0, 0.1) is 0 Å². The molecule has 0 bridgehead atoms. The van der Waals surface area contributed by atoms with Gasteiger partial charge in [0, 0.05) is 18.7 Å². The number of anilines is 2. The van der Waals surface area contributed by atoms with Crippen molar-refractivity contribution in [2.45, 2.75) is 13.0 Å². The molecule has 0 spiro atoms. The smallest absolute Gasteiger partial charge is 0.121 e. The summed E-state index contributed by atoms with van der Waals surface area (Å²) in [6.45, 7) is 4.54. The lowest BCUT2D eigenvalue weighted by Crippen LogP contribution is -2.44. The standard InChI is InChI=1S/C12H18N2O2/c1-9-8-16-6-5-14(9)12-4-3-10(15-2)7-11(12)13/h3-4,7,9H,5-6,8,13H2,1-2H3. The summed E-state index contributed by atoms with van der Waals surface area (Å²) in [5.74, 6) is 0.794. The van der Waals surface area contributed by atoms with Crippen LogP contribution in [-0.4, -0.2) is 32.9 Å². The van der Waals surface area contributed by atoms with E-state index in [4.69, 9.17) is 15.2 Å². The van der Waals surface area contributed by atoms with E-state index in [-0.39, 0.29) is 0 Å². The Labute approximate surface area is 95.9 Å². The van der Waals surface area contributed by atoms with E-state index in [1.165, 1.54) is 0 Å². The highest BCUT2D eigenvalue weighted by Gasteiger charge is 2.20. The number of rotatable bonds is 2. The summed E-state index contributed by atoms with van der Waals surface area (Å²) in [4.78, 5) is 2.28. The third-order valence-electron chi connectivity index (χ3n) is 2.91. The third kappa shape index (κ3) is 2.07. The first-order valence-electron chi connectivity index (χ1n) is 5.50. The number of nitrogen functional groups attached to an aromatic ring is 1. The van der Waals surface area contributed by atoms with Crippen LogP contribution in [0.25, 0.3) is 0 Å².